The van der Waals surface area contributed by atoms with Crippen LogP contribution in [-0.4, -0.2) is 89.5 Å². The Kier molecular flexibility index (Phi) is 9.90. The second-order valence-corrected chi connectivity index (χ2v) is 17.2. The molecule has 308 valence electrons. The number of benzene rings is 2. The minimum atomic E-state index is -4.53. The van der Waals surface area contributed by atoms with Crippen LogP contribution in [0.4, 0.5) is 9.18 Å². The van der Waals surface area contributed by atoms with E-state index in [4.69, 9.17) is 19.2 Å². The topological polar surface area (TPSA) is 199 Å². The van der Waals surface area contributed by atoms with E-state index in [9.17, 15) is 22.8 Å². The zero-order valence-electron chi connectivity index (χ0n) is 33.1. The van der Waals surface area contributed by atoms with E-state index >= 15 is 4.39 Å². The van der Waals surface area contributed by atoms with Crippen molar-refractivity contribution in [1.29, 1.82) is 0 Å². The smallest absolute Gasteiger partial charge is 0.407 e. The second-order valence-electron chi connectivity index (χ2n) is 15.4. The highest BCUT2D eigenvalue weighted by Gasteiger charge is 2.41. The molecule has 0 radical (unpaired) electrons. The summed E-state index contributed by atoms with van der Waals surface area (Å²) in [6.45, 7) is 6.59. The second kappa shape index (κ2) is 14.8. The van der Waals surface area contributed by atoms with Gasteiger partial charge in [-0.2, -0.15) is 9.49 Å². The minimum absolute atomic E-state index is 0.0633. The molecule has 2 aromatic carbocycles. The zero-order chi connectivity index (χ0) is 42.0. The zero-order valence-corrected chi connectivity index (χ0v) is 33.9. The molecular formula is C40H42FN9O8S. The summed E-state index contributed by atoms with van der Waals surface area (Å²) in [7, 11) is -1.43. The predicted molar refractivity (Wildman–Crippen MR) is 215 cm³/mol. The summed E-state index contributed by atoms with van der Waals surface area (Å²) >= 11 is 0. The van der Waals surface area contributed by atoms with E-state index in [0.717, 1.165) is 3.97 Å². The summed E-state index contributed by atoms with van der Waals surface area (Å²) in [4.78, 5) is 44.8. The van der Waals surface area contributed by atoms with Crippen molar-refractivity contribution in [2.45, 2.75) is 69.2 Å². The van der Waals surface area contributed by atoms with Crippen molar-refractivity contribution in [2.24, 2.45) is 14.1 Å². The maximum Gasteiger partial charge on any atom is 0.407 e. The van der Waals surface area contributed by atoms with Crippen LogP contribution >= 0.6 is 0 Å². The summed E-state index contributed by atoms with van der Waals surface area (Å²) < 4.78 is 68.0. The lowest BCUT2D eigenvalue weighted by Crippen LogP contribution is -2.44. The van der Waals surface area contributed by atoms with E-state index in [2.05, 4.69) is 20.6 Å². The van der Waals surface area contributed by atoms with Gasteiger partial charge in [0.2, 0.25) is 5.95 Å². The van der Waals surface area contributed by atoms with E-state index in [-0.39, 0.29) is 52.2 Å². The SMILES string of the molecule is CCOC(=O)CO[C@@H]1C[C@@H](n2c(=O)n(C)c3cnc4c(c(-c5ccc6[nH]ncc6c5)c(-c5cn(C)nc5F)n4S(=O)(=O)c4ccccc4)c32)C[C@@H]1NC(=O)OC(C)(C)C. The lowest BCUT2D eigenvalue weighted by molar-refractivity contribution is -0.150. The molecule has 19 heteroatoms. The number of aromatic nitrogens is 8. The molecule has 0 unspecified atom stereocenters. The van der Waals surface area contributed by atoms with Crippen LogP contribution in [0.15, 0.2) is 76.8 Å². The highest BCUT2D eigenvalue weighted by Crippen LogP contribution is 2.47. The number of alkyl carbamates (subject to hydrolysis) is 1. The number of nitrogens with zero attached hydrogens (tertiary/aromatic N) is 7. The molecule has 1 saturated carbocycles. The first kappa shape index (κ1) is 39.5. The number of fused-ring (bicyclic) bond motifs is 4. The predicted octanol–water partition coefficient (Wildman–Crippen LogP) is 5.19. The number of carbonyl (C=O) groups excluding carboxylic acids is 2. The summed E-state index contributed by atoms with van der Waals surface area (Å²) in [5.74, 6) is -1.53. The maximum atomic E-state index is 16.1. The summed E-state index contributed by atoms with van der Waals surface area (Å²) in [6, 6.07) is 11.6. The molecule has 0 saturated heterocycles. The fourth-order valence-electron chi connectivity index (χ4n) is 7.91. The van der Waals surface area contributed by atoms with Gasteiger partial charge in [-0.3, -0.25) is 18.9 Å². The Labute approximate surface area is 336 Å². The van der Waals surface area contributed by atoms with Gasteiger partial charge in [-0.1, -0.05) is 24.3 Å². The molecule has 5 aromatic heterocycles. The third-order valence-corrected chi connectivity index (χ3v) is 12.0. The first-order chi connectivity index (χ1) is 28.1. The van der Waals surface area contributed by atoms with E-state index in [1.54, 1.807) is 81.9 Å². The van der Waals surface area contributed by atoms with Crippen molar-refractivity contribution in [1.82, 2.24) is 43.4 Å². The summed E-state index contributed by atoms with van der Waals surface area (Å²) in [5.41, 5.74) is 0.569. The van der Waals surface area contributed by atoms with E-state index in [0.29, 0.717) is 27.5 Å². The van der Waals surface area contributed by atoms with Crippen molar-refractivity contribution in [3.8, 4) is 22.4 Å². The largest absolute Gasteiger partial charge is 0.464 e. The molecule has 17 nitrogen and oxygen atoms in total. The van der Waals surface area contributed by atoms with Crippen LogP contribution in [0.2, 0.25) is 0 Å². The molecule has 1 fully saturated rings. The number of H-pyrrole nitrogens is 1. The van der Waals surface area contributed by atoms with Crippen LogP contribution in [0.3, 0.4) is 0 Å². The van der Waals surface area contributed by atoms with Gasteiger partial charge in [-0.05, 0) is 70.4 Å². The number of nitrogens with one attached hydrogen (secondary N) is 2. The Balaban J connectivity index is 1.43. The number of halogens is 1. The molecule has 2 N–H and O–H groups in total. The van der Waals surface area contributed by atoms with E-state index < -0.39 is 64.1 Å². The van der Waals surface area contributed by atoms with Crippen molar-refractivity contribution in [3.05, 3.63) is 83.6 Å². The molecule has 0 aliphatic heterocycles. The van der Waals surface area contributed by atoms with Crippen LogP contribution in [0.25, 0.3) is 55.4 Å². The monoisotopic (exact) mass is 827 g/mol. The highest BCUT2D eigenvalue weighted by atomic mass is 32.2. The summed E-state index contributed by atoms with van der Waals surface area (Å²) in [5, 5.41) is 14.8. The normalized spacial score (nSPS) is 17.3. The van der Waals surface area contributed by atoms with Gasteiger partial charge in [0.05, 0.1) is 69.2 Å². The Bertz CT molecular complexity index is 2940. The molecule has 5 heterocycles. The van der Waals surface area contributed by atoms with Crippen molar-refractivity contribution >= 4 is 55.1 Å². The van der Waals surface area contributed by atoms with Crippen LogP contribution in [0.5, 0.6) is 0 Å². The number of hydrogen-bond donors (Lipinski definition) is 2. The molecule has 0 spiro atoms. The third-order valence-electron chi connectivity index (χ3n) is 10.3. The van der Waals surface area contributed by atoms with E-state index in [1.165, 1.54) is 40.8 Å². The lowest BCUT2D eigenvalue weighted by Gasteiger charge is -2.24. The van der Waals surface area contributed by atoms with Crippen LogP contribution in [0.1, 0.15) is 46.6 Å². The first-order valence-electron chi connectivity index (χ1n) is 18.9. The molecule has 1 aliphatic rings. The van der Waals surface area contributed by atoms with Gasteiger partial charge in [0.25, 0.3) is 10.0 Å². The molecule has 0 bridgehead atoms. The van der Waals surface area contributed by atoms with Gasteiger partial charge < -0.3 is 19.5 Å². The van der Waals surface area contributed by atoms with Crippen LogP contribution < -0.4 is 11.0 Å². The van der Waals surface area contributed by atoms with E-state index in [1.807, 2.05) is 0 Å². The molecule has 8 rings (SSSR count). The van der Waals surface area contributed by atoms with Gasteiger partial charge in [0.1, 0.15) is 12.2 Å². The van der Waals surface area contributed by atoms with Gasteiger partial charge in [0, 0.05) is 37.3 Å². The number of amides is 1. The van der Waals surface area contributed by atoms with Crippen LogP contribution in [-0.2, 0) is 43.1 Å². The number of aromatic amines is 1. The summed E-state index contributed by atoms with van der Waals surface area (Å²) in [6.07, 6.45) is 3.23. The average Bonchev–Trinajstić information content (AvgIpc) is 4.00. The van der Waals surface area contributed by atoms with Gasteiger partial charge in [-0.25, -0.2) is 31.8 Å². The molecule has 59 heavy (non-hydrogen) atoms. The Morgan fingerprint density at radius 1 is 1.07 bits per heavy atom. The third kappa shape index (κ3) is 7.03. The Hall–Kier alpha value is -6.34. The maximum absolute atomic E-state index is 16.1. The number of carbonyl (C=O) groups is 2. The van der Waals surface area contributed by atoms with Gasteiger partial charge in [-0.15, -0.1) is 5.10 Å². The number of ether oxygens (including phenoxy) is 3. The number of rotatable bonds is 10. The van der Waals surface area contributed by atoms with Crippen molar-refractivity contribution in [3.63, 3.8) is 0 Å². The molecule has 7 aromatic rings. The number of esters is 1. The Morgan fingerprint density at radius 2 is 1.83 bits per heavy atom. The van der Waals surface area contributed by atoms with Crippen molar-refractivity contribution in [2.75, 3.05) is 13.2 Å². The number of aryl methyl sites for hydroxylation is 2. The minimum Gasteiger partial charge on any atom is -0.464 e. The molecule has 3 atom stereocenters. The first-order valence-corrected chi connectivity index (χ1v) is 20.4. The lowest BCUT2D eigenvalue weighted by atomic mass is 9.98. The quantitative estimate of drug-likeness (QED) is 0.172. The molecular weight excluding hydrogens is 786 g/mol. The average molecular weight is 828 g/mol. The molecule has 1 amide bonds. The Morgan fingerprint density at radius 3 is 2.53 bits per heavy atom. The van der Waals surface area contributed by atoms with Crippen LogP contribution in [0, 0.1) is 5.95 Å². The highest BCUT2D eigenvalue weighted by molar-refractivity contribution is 7.90. The number of imidazole rings is 1. The van der Waals surface area contributed by atoms with Crippen molar-refractivity contribution < 1.29 is 36.6 Å². The standard InChI is InChI=1S/C40H42FN9O8S/c1-7-56-31(51)21-57-30-17-24(16-28(30)44-38(52)58-40(2,3)4)49-35-29(48(6)39(49)53)19-42-37-33(35)32(22-13-14-27-23(15-22)18-43-45-27)34(26-20-47(5)46-36(26)41)50(37)59(54,55)25-11-9-8-10-12-25/h8-15,18-20,24,28,30H,7,16-17,21H2,1-6H3,(H,43,45)(H,44,52)/t24-,28-,30+/m0/s1. The fourth-order valence-corrected chi connectivity index (χ4v) is 9.42. The molecule has 1 aliphatic carbocycles. The number of pyridine rings is 1. The fraction of sp³-hybridized carbons (Fsp3) is 0.350. The van der Waals surface area contributed by atoms with Gasteiger partial charge in [0.15, 0.2) is 5.65 Å². The van der Waals surface area contributed by atoms with Gasteiger partial charge >= 0.3 is 17.8 Å². The number of hydrogen-bond acceptors (Lipinski definition) is 11.